The monoisotopic (exact) mass is 277 g/mol. The molecule has 0 aliphatic carbocycles. The first-order valence-corrected chi connectivity index (χ1v) is 7.46. The summed E-state index contributed by atoms with van der Waals surface area (Å²) in [6.07, 6.45) is 0.600. The van der Waals surface area contributed by atoms with Gasteiger partial charge in [0.2, 0.25) is 0 Å². The molecule has 1 fully saturated rings. The maximum atomic E-state index is 6.01. The summed E-state index contributed by atoms with van der Waals surface area (Å²) in [6, 6.07) is 6.64. The largest absolute Gasteiger partial charge is 0.497 e. The molecule has 20 heavy (non-hydrogen) atoms. The van der Waals surface area contributed by atoms with E-state index in [2.05, 4.69) is 45.1 Å². The summed E-state index contributed by atoms with van der Waals surface area (Å²) in [5.41, 5.74) is 2.61. The fraction of sp³-hybridized carbons (Fsp3) is 0.647. The molecule has 1 N–H and O–H groups in total. The summed E-state index contributed by atoms with van der Waals surface area (Å²) in [6.45, 7) is 8.81. The van der Waals surface area contributed by atoms with Gasteiger partial charge in [0.15, 0.2) is 0 Å². The molecule has 1 aliphatic rings. The van der Waals surface area contributed by atoms with E-state index in [1.165, 1.54) is 11.1 Å². The number of hydrogen-bond acceptors (Lipinski definition) is 3. The molecule has 0 radical (unpaired) electrons. The van der Waals surface area contributed by atoms with E-state index in [1.807, 2.05) is 13.1 Å². The Morgan fingerprint density at radius 2 is 1.90 bits per heavy atom. The first kappa shape index (κ1) is 15.3. The highest BCUT2D eigenvalue weighted by Gasteiger charge is 2.41. The van der Waals surface area contributed by atoms with E-state index in [9.17, 15) is 0 Å². The van der Waals surface area contributed by atoms with E-state index in [1.54, 1.807) is 7.11 Å². The van der Waals surface area contributed by atoms with Crippen molar-refractivity contribution in [3.63, 3.8) is 0 Å². The first-order chi connectivity index (χ1) is 9.49. The molecule has 1 saturated heterocycles. The second-order valence-electron chi connectivity index (χ2n) is 5.97. The average Bonchev–Trinajstić information content (AvgIpc) is 2.67. The van der Waals surface area contributed by atoms with Crippen molar-refractivity contribution in [1.82, 2.24) is 5.32 Å². The Bertz CT molecular complexity index is 460. The Labute approximate surface area is 122 Å². The maximum Gasteiger partial charge on any atom is 0.119 e. The van der Waals surface area contributed by atoms with Gasteiger partial charge in [-0.1, -0.05) is 13.0 Å². The quantitative estimate of drug-likeness (QED) is 0.915. The highest BCUT2D eigenvalue weighted by molar-refractivity contribution is 5.37. The average molecular weight is 277 g/mol. The van der Waals surface area contributed by atoms with Gasteiger partial charge in [-0.25, -0.2) is 0 Å². The number of ether oxygens (including phenoxy) is 2. The maximum absolute atomic E-state index is 6.01. The van der Waals surface area contributed by atoms with Crippen molar-refractivity contribution in [1.29, 1.82) is 0 Å². The molecule has 2 rings (SSSR count). The second kappa shape index (κ2) is 6.15. The van der Waals surface area contributed by atoms with E-state index in [0.29, 0.717) is 24.0 Å². The molecule has 0 saturated carbocycles. The Kier molecular flexibility index (Phi) is 4.71. The van der Waals surface area contributed by atoms with Crippen LogP contribution in [0.5, 0.6) is 5.75 Å². The van der Waals surface area contributed by atoms with Gasteiger partial charge >= 0.3 is 0 Å². The van der Waals surface area contributed by atoms with Crippen molar-refractivity contribution in [3.05, 3.63) is 29.3 Å². The van der Waals surface area contributed by atoms with Crippen LogP contribution in [0.15, 0.2) is 18.2 Å². The normalized spacial score (nSPS) is 31.3. The summed E-state index contributed by atoms with van der Waals surface area (Å²) in [5.74, 6) is 1.95. The van der Waals surface area contributed by atoms with Crippen LogP contribution in [0.2, 0.25) is 0 Å². The standard InChI is InChI=1S/C17H27NO2/c1-10-9-14(19-6)7-8-15(10)17(18-5)16-11(2)12(3)20-13(16)4/h7-9,11-13,16-18H,1-6H3. The topological polar surface area (TPSA) is 30.5 Å². The van der Waals surface area contributed by atoms with Crippen LogP contribution in [0.25, 0.3) is 0 Å². The number of aryl methyl sites for hydroxylation is 1. The smallest absolute Gasteiger partial charge is 0.119 e. The van der Waals surface area contributed by atoms with Crippen LogP contribution in [0.3, 0.4) is 0 Å². The fourth-order valence-electron chi connectivity index (χ4n) is 3.55. The lowest BCUT2D eigenvalue weighted by Gasteiger charge is -2.30. The van der Waals surface area contributed by atoms with Crippen molar-refractivity contribution < 1.29 is 9.47 Å². The highest BCUT2D eigenvalue weighted by Crippen LogP contribution is 2.41. The number of methoxy groups -OCH3 is 1. The van der Waals surface area contributed by atoms with E-state index < -0.39 is 0 Å². The van der Waals surface area contributed by atoms with Gasteiger partial charge in [0.25, 0.3) is 0 Å². The van der Waals surface area contributed by atoms with E-state index in [4.69, 9.17) is 9.47 Å². The minimum atomic E-state index is 0.277. The summed E-state index contributed by atoms with van der Waals surface area (Å²) in [5, 5.41) is 3.50. The van der Waals surface area contributed by atoms with Crippen molar-refractivity contribution >= 4 is 0 Å². The van der Waals surface area contributed by atoms with Crippen molar-refractivity contribution in [3.8, 4) is 5.75 Å². The molecule has 112 valence electrons. The van der Waals surface area contributed by atoms with E-state index in [0.717, 1.165) is 5.75 Å². The molecule has 1 aromatic rings. The lowest BCUT2D eigenvalue weighted by Crippen LogP contribution is -2.33. The van der Waals surface area contributed by atoms with Gasteiger partial charge in [0.1, 0.15) is 5.75 Å². The minimum absolute atomic E-state index is 0.277. The summed E-state index contributed by atoms with van der Waals surface area (Å²) >= 11 is 0. The SMILES string of the molecule is CNC(c1ccc(OC)cc1C)C1C(C)OC(C)C1C. The number of nitrogens with one attached hydrogen (secondary N) is 1. The van der Waals surface area contributed by atoms with Crippen LogP contribution in [0.4, 0.5) is 0 Å². The van der Waals surface area contributed by atoms with E-state index >= 15 is 0 Å². The second-order valence-corrected chi connectivity index (χ2v) is 5.97. The molecular formula is C17H27NO2. The molecule has 0 bridgehead atoms. The van der Waals surface area contributed by atoms with Crippen LogP contribution in [-0.2, 0) is 4.74 Å². The van der Waals surface area contributed by atoms with Gasteiger partial charge in [-0.3, -0.25) is 0 Å². The molecular weight excluding hydrogens is 250 g/mol. The van der Waals surface area contributed by atoms with Gasteiger partial charge in [-0.15, -0.1) is 0 Å². The van der Waals surface area contributed by atoms with Crippen LogP contribution >= 0.6 is 0 Å². The molecule has 0 spiro atoms. The molecule has 0 aromatic heterocycles. The number of rotatable bonds is 4. The lowest BCUT2D eigenvalue weighted by molar-refractivity contribution is 0.0478. The predicted molar refractivity (Wildman–Crippen MR) is 82.2 cm³/mol. The van der Waals surface area contributed by atoms with Crippen molar-refractivity contribution in [2.24, 2.45) is 11.8 Å². The van der Waals surface area contributed by atoms with Gasteiger partial charge in [0.05, 0.1) is 19.3 Å². The van der Waals surface area contributed by atoms with Gasteiger partial charge in [-0.05, 0) is 57.0 Å². The van der Waals surface area contributed by atoms with Gasteiger partial charge in [0, 0.05) is 12.0 Å². The molecule has 5 unspecified atom stereocenters. The van der Waals surface area contributed by atoms with Gasteiger partial charge < -0.3 is 14.8 Å². The summed E-state index contributed by atoms with van der Waals surface area (Å²) < 4.78 is 11.3. The third-order valence-electron chi connectivity index (χ3n) is 4.83. The molecule has 1 heterocycles. The van der Waals surface area contributed by atoms with Crippen LogP contribution < -0.4 is 10.1 Å². The molecule has 1 aliphatic heterocycles. The van der Waals surface area contributed by atoms with Gasteiger partial charge in [-0.2, -0.15) is 0 Å². The van der Waals surface area contributed by atoms with Crippen LogP contribution in [0, 0.1) is 18.8 Å². The number of benzene rings is 1. The zero-order chi connectivity index (χ0) is 14.9. The lowest BCUT2D eigenvalue weighted by atomic mass is 9.79. The highest BCUT2D eigenvalue weighted by atomic mass is 16.5. The predicted octanol–water partition coefficient (Wildman–Crippen LogP) is 3.32. The van der Waals surface area contributed by atoms with Crippen molar-refractivity contribution in [2.45, 2.75) is 45.9 Å². The molecule has 3 nitrogen and oxygen atoms in total. The Hall–Kier alpha value is -1.06. The number of hydrogen-bond donors (Lipinski definition) is 1. The summed E-state index contributed by atoms with van der Waals surface area (Å²) in [7, 11) is 3.75. The van der Waals surface area contributed by atoms with Crippen LogP contribution in [-0.4, -0.2) is 26.4 Å². The Balaban J connectivity index is 2.33. The Morgan fingerprint density at radius 3 is 2.35 bits per heavy atom. The third-order valence-corrected chi connectivity index (χ3v) is 4.83. The summed E-state index contributed by atoms with van der Waals surface area (Å²) in [4.78, 5) is 0. The first-order valence-electron chi connectivity index (χ1n) is 7.46. The Morgan fingerprint density at radius 1 is 1.20 bits per heavy atom. The van der Waals surface area contributed by atoms with Crippen LogP contribution in [0.1, 0.15) is 37.9 Å². The zero-order valence-electron chi connectivity index (χ0n) is 13.4. The molecule has 5 atom stereocenters. The molecule has 3 heteroatoms. The minimum Gasteiger partial charge on any atom is -0.497 e. The zero-order valence-corrected chi connectivity index (χ0v) is 13.4. The molecule has 1 aromatic carbocycles. The third kappa shape index (κ3) is 2.70. The van der Waals surface area contributed by atoms with E-state index in [-0.39, 0.29) is 6.10 Å². The fourth-order valence-corrected chi connectivity index (χ4v) is 3.55. The molecule has 0 amide bonds. The van der Waals surface area contributed by atoms with Crippen molar-refractivity contribution in [2.75, 3.05) is 14.2 Å².